The Kier molecular flexibility index (Phi) is 4.27. The van der Waals surface area contributed by atoms with Gasteiger partial charge in [0.15, 0.2) is 0 Å². The number of hydrogen-bond donors (Lipinski definition) is 2. The Hall–Kier alpha value is -2.83. The molecular weight excluding hydrogens is 298 g/mol. The van der Waals surface area contributed by atoms with Crippen molar-refractivity contribution in [2.75, 3.05) is 0 Å². The first-order chi connectivity index (χ1) is 11.1. The second-order valence-electron chi connectivity index (χ2n) is 5.43. The average Bonchev–Trinajstić information content (AvgIpc) is 2.97. The smallest absolute Gasteiger partial charge is 0.407 e. The van der Waals surface area contributed by atoms with Crippen molar-refractivity contribution >= 4 is 12.1 Å². The number of aromatic nitrogens is 2. The number of carboxylic acid groups (broad SMARTS) is 1. The van der Waals surface area contributed by atoms with Gasteiger partial charge >= 0.3 is 12.1 Å². The number of benzene rings is 1. The van der Waals surface area contributed by atoms with E-state index in [-0.39, 0.29) is 18.2 Å². The lowest BCUT2D eigenvalue weighted by Gasteiger charge is -2.24. The molecule has 2 aromatic rings. The number of carbonyl (C=O) groups is 2. The second-order valence-corrected chi connectivity index (χ2v) is 5.43. The summed E-state index contributed by atoms with van der Waals surface area (Å²) in [5.74, 6) is -1.00. The molecule has 1 aromatic heterocycles. The summed E-state index contributed by atoms with van der Waals surface area (Å²) < 4.78 is 6.87. The summed E-state index contributed by atoms with van der Waals surface area (Å²) in [5, 5.41) is 16.0. The standard InChI is InChI=1S/C16H17N3O4/c20-15(21)13-9-17-19-7-6-12(8-14(13)19)18-16(22)23-10-11-4-2-1-3-5-11/h1-5,9,12H,6-8,10H2,(H,18,22)(H,20,21). The number of carbonyl (C=O) groups excluding carboxylic acids is 1. The molecule has 1 aliphatic rings. The molecule has 1 amide bonds. The highest BCUT2D eigenvalue weighted by atomic mass is 16.5. The van der Waals surface area contributed by atoms with E-state index in [1.54, 1.807) is 4.68 Å². The fourth-order valence-electron chi connectivity index (χ4n) is 2.67. The van der Waals surface area contributed by atoms with Crippen molar-refractivity contribution in [1.29, 1.82) is 0 Å². The molecule has 120 valence electrons. The number of carboxylic acids is 1. The molecule has 1 atom stereocenters. The van der Waals surface area contributed by atoms with Gasteiger partial charge in [0.1, 0.15) is 12.2 Å². The van der Waals surface area contributed by atoms with Crippen LogP contribution in [0.25, 0.3) is 0 Å². The van der Waals surface area contributed by atoms with Gasteiger partial charge in [-0.05, 0) is 12.0 Å². The van der Waals surface area contributed by atoms with Crippen molar-refractivity contribution in [1.82, 2.24) is 15.1 Å². The summed E-state index contributed by atoms with van der Waals surface area (Å²) in [6, 6.07) is 9.27. The first-order valence-corrected chi connectivity index (χ1v) is 7.38. The summed E-state index contributed by atoms with van der Waals surface area (Å²) in [6.45, 7) is 0.782. The highest BCUT2D eigenvalue weighted by molar-refractivity contribution is 5.88. The van der Waals surface area contributed by atoms with E-state index < -0.39 is 12.1 Å². The quantitative estimate of drug-likeness (QED) is 0.897. The molecule has 0 fully saturated rings. The second kappa shape index (κ2) is 6.51. The first kappa shape index (κ1) is 15.1. The average molecular weight is 315 g/mol. The van der Waals surface area contributed by atoms with Gasteiger partial charge in [0.05, 0.1) is 11.9 Å². The molecule has 23 heavy (non-hydrogen) atoms. The van der Waals surface area contributed by atoms with Gasteiger partial charge in [-0.3, -0.25) is 4.68 Å². The zero-order valence-electron chi connectivity index (χ0n) is 12.4. The van der Waals surface area contributed by atoms with Gasteiger partial charge in [0, 0.05) is 19.0 Å². The van der Waals surface area contributed by atoms with Crippen LogP contribution in [-0.2, 0) is 24.3 Å². The number of ether oxygens (including phenoxy) is 1. The number of aryl methyl sites for hydroxylation is 1. The van der Waals surface area contributed by atoms with Gasteiger partial charge in [0.25, 0.3) is 0 Å². The monoisotopic (exact) mass is 315 g/mol. The summed E-state index contributed by atoms with van der Waals surface area (Å²) >= 11 is 0. The van der Waals surface area contributed by atoms with Crippen LogP contribution in [0.15, 0.2) is 36.5 Å². The van der Waals surface area contributed by atoms with E-state index in [0.29, 0.717) is 25.1 Å². The third kappa shape index (κ3) is 3.50. The van der Waals surface area contributed by atoms with Crippen molar-refractivity contribution in [2.45, 2.75) is 32.0 Å². The fourth-order valence-corrected chi connectivity index (χ4v) is 2.67. The van der Waals surface area contributed by atoms with E-state index in [4.69, 9.17) is 9.84 Å². The van der Waals surface area contributed by atoms with Crippen LogP contribution in [0.5, 0.6) is 0 Å². The molecule has 7 nitrogen and oxygen atoms in total. The van der Waals surface area contributed by atoms with Crippen molar-refractivity contribution in [2.24, 2.45) is 0 Å². The molecule has 0 radical (unpaired) electrons. The largest absolute Gasteiger partial charge is 0.478 e. The van der Waals surface area contributed by atoms with E-state index in [9.17, 15) is 9.59 Å². The first-order valence-electron chi connectivity index (χ1n) is 7.38. The minimum Gasteiger partial charge on any atom is -0.478 e. The number of hydrogen-bond acceptors (Lipinski definition) is 4. The molecule has 3 rings (SSSR count). The Bertz CT molecular complexity index is 711. The molecule has 0 saturated carbocycles. The molecule has 2 N–H and O–H groups in total. The number of alkyl carbamates (subject to hydrolysis) is 1. The fraction of sp³-hybridized carbons (Fsp3) is 0.312. The Morgan fingerprint density at radius 2 is 2.13 bits per heavy atom. The lowest BCUT2D eigenvalue weighted by Crippen LogP contribution is -2.40. The maximum Gasteiger partial charge on any atom is 0.407 e. The summed E-state index contributed by atoms with van der Waals surface area (Å²) in [5.41, 5.74) is 1.74. The Morgan fingerprint density at radius 3 is 2.87 bits per heavy atom. The molecule has 1 unspecified atom stereocenters. The molecule has 0 spiro atoms. The van der Waals surface area contributed by atoms with Gasteiger partial charge in [-0.25, -0.2) is 9.59 Å². The maximum absolute atomic E-state index is 11.9. The molecule has 2 heterocycles. The zero-order valence-corrected chi connectivity index (χ0v) is 12.4. The van der Waals surface area contributed by atoms with Crippen LogP contribution in [0.3, 0.4) is 0 Å². The van der Waals surface area contributed by atoms with Crippen LogP contribution in [0.1, 0.15) is 28.0 Å². The lowest BCUT2D eigenvalue weighted by molar-refractivity contribution is 0.0695. The van der Waals surface area contributed by atoms with Gasteiger partial charge in [-0.2, -0.15) is 5.10 Å². The van der Waals surface area contributed by atoms with Crippen molar-refractivity contribution in [3.8, 4) is 0 Å². The third-order valence-corrected chi connectivity index (χ3v) is 3.84. The number of fused-ring (bicyclic) bond motifs is 1. The number of aromatic carboxylic acids is 1. The van der Waals surface area contributed by atoms with Gasteiger partial charge in [-0.15, -0.1) is 0 Å². The van der Waals surface area contributed by atoms with Crippen LogP contribution < -0.4 is 5.32 Å². The maximum atomic E-state index is 11.9. The van der Waals surface area contributed by atoms with E-state index in [1.807, 2.05) is 30.3 Å². The summed E-state index contributed by atoms with van der Waals surface area (Å²) in [4.78, 5) is 23.0. The Morgan fingerprint density at radius 1 is 1.35 bits per heavy atom. The SMILES string of the molecule is O=C(NC1CCn2ncc(C(=O)O)c2C1)OCc1ccccc1. The predicted octanol–water partition coefficient (Wildman–Crippen LogP) is 1.82. The van der Waals surface area contributed by atoms with Crippen LogP contribution >= 0.6 is 0 Å². The molecule has 0 aliphatic carbocycles. The summed E-state index contributed by atoms with van der Waals surface area (Å²) in [6.07, 6.45) is 1.98. The number of nitrogens with zero attached hydrogens (tertiary/aromatic N) is 2. The van der Waals surface area contributed by atoms with E-state index in [2.05, 4.69) is 10.4 Å². The van der Waals surface area contributed by atoms with Crippen molar-refractivity contribution in [3.63, 3.8) is 0 Å². The number of nitrogens with one attached hydrogen (secondary N) is 1. The predicted molar refractivity (Wildman–Crippen MR) is 81.1 cm³/mol. The minimum absolute atomic E-state index is 0.152. The Balaban J connectivity index is 1.55. The van der Waals surface area contributed by atoms with Gasteiger partial charge < -0.3 is 15.2 Å². The minimum atomic E-state index is -1.00. The van der Waals surface area contributed by atoms with Crippen LogP contribution in [0, 0.1) is 0 Å². The summed E-state index contributed by atoms with van der Waals surface area (Å²) in [7, 11) is 0. The zero-order chi connectivity index (χ0) is 16.2. The highest BCUT2D eigenvalue weighted by Crippen LogP contribution is 2.18. The van der Waals surface area contributed by atoms with Crippen molar-refractivity contribution < 1.29 is 19.4 Å². The van der Waals surface area contributed by atoms with Crippen LogP contribution in [0.4, 0.5) is 4.79 Å². The van der Waals surface area contributed by atoms with Crippen LogP contribution in [0.2, 0.25) is 0 Å². The molecule has 0 bridgehead atoms. The lowest BCUT2D eigenvalue weighted by atomic mass is 10.0. The third-order valence-electron chi connectivity index (χ3n) is 3.84. The molecule has 0 saturated heterocycles. The Labute approximate surface area is 132 Å². The van der Waals surface area contributed by atoms with Gasteiger partial charge in [0.2, 0.25) is 0 Å². The van der Waals surface area contributed by atoms with Crippen LogP contribution in [-0.4, -0.2) is 33.0 Å². The van der Waals surface area contributed by atoms with Gasteiger partial charge in [-0.1, -0.05) is 30.3 Å². The highest BCUT2D eigenvalue weighted by Gasteiger charge is 2.26. The van der Waals surface area contributed by atoms with E-state index in [0.717, 1.165) is 5.56 Å². The molecule has 1 aliphatic heterocycles. The topological polar surface area (TPSA) is 93.5 Å². The molecule has 1 aromatic carbocycles. The van der Waals surface area contributed by atoms with Crippen molar-refractivity contribution in [3.05, 3.63) is 53.3 Å². The number of amides is 1. The molecule has 7 heteroatoms. The van der Waals surface area contributed by atoms with E-state index in [1.165, 1.54) is 6.20 Å². The van der Waals surface area contributed by atoms with E-state index >= 15 is 0 Å². The normalized spacial score (nSPS) is 16.4. The molecular formula is C16H17N3O4. The number of rotatable bonds is 4.